The Bertz CT molecular complexity index is 690. The summed E-state index contributed by atoms with van der Waals surface area (Å²) in [7, 11) is -9.42. The van der Waals surface area contributed by atoms with Crippen molar-refractivity contribution >= 4 is 26.0 Å². The van der Waals surface area contributed by atoms with Crippen LogP contribution in [0.1, 0.15) is 34.1 Å². The van der Waals surface area contributed by atoms with Crippen molar-refractivity contribution in [2.75, 3.05) is 26.4 Å². The fourth-order valence-electron chi connectivity index (χ4n) is 3.11. The van der Waals surface area contributed by atoms with Gasteiger partial charge in [-0.2, -0.15) is 0 Å². The highest BCUT2D eigenvalue weighted by atomic mass is 32.2. The molecule has 1 aromatic carbocycles. The third-order valence-corrected chi connectivity index (χ3v) is 13.1. The van der Waals surface area contributed by atoms with Gasteiger partial charge in [-0.1, -0.05) is 18.2 Å². The monoisotopic (exact) mass is 438 g/mol. The first-order valence-electron chi connectivity index (χ1n) is 9.09. The minimum Gasteiger partial charge on any atom is -0.308 e. The first-order chi connectivity index (χ1) is 12.9. The molecular formula is C17H28O7P2S. The second-order valence-corrected chi connectivity index (χ2v) is 12.5. The van der Waals surface area contributed by atoms with Crippen LogP contribution in [0.3, 0.4) is 0 Å². The first-order valence-corrected chi connectivity index (χ1v) is 13.4. The van der Waals surface area contributed by atoms with Crippen LogP contribution in [0.4, 0.5) is 0 Å². The van der Waals surface area contributed by atoms with Gasteiger partial charge in [0.05, 0.1) is 42.5 Å². The van der Waals surface area contributed by atoms with Gasteiger partial charge in [0, 0.05) is 4.90 Å². The van der Waals surface area contributed by atoms with E-state index >= 15 is 0 Å². The van der Waals surface area contributed by atoms with Crippen molar-refractivity contribution in [1.29, 1.82) is 0 Å². The Balaban J connectivity index is 2.56. The number of hydrogen-bond donors (Lipinski definition) is 0. The molecule has 1 fully saturated rings. The summed E-state index contributed by atoms with van der Waals surface area (Å²) in [5.74, 6) is 0. The second kappa shape index (κ2) is 9.45. The van der Waals surface area contributed by atoms with Gasteiger partial charge in [-0.25, -0.2) is 0 Å². The summed E-state index contributed by atoms with van der Waals surface area (Å²) in [6.07, 6.45) is 0.114. The molecule has 0 aliphatic heterocycles. The highest BCUT2D eigenvalue weighted by Crippen LogP contribution is 2.88. The van der Waals surface area contributed by atoms with Crippen molar-refractivity contribution in [2.45, 2.75) is 49.2 Å². The average molecular weight is 438 g/mol. The minimum absolute atomic E-state index is 0.0992. The van der Waals surface area contributed by atoms with Crippen molar-refractivity contribution in [3.05, 3.63) is 30.3 Å². The smallest absolute Gasteiger partial charge is 0.308 e. The number of benzene rings is 1. The standard InChI is InChI=1S/C17H28O7P2S/c1-5-21-25(18,22-6-2)17(26(19,23-7-3)24-8-4)14-16(17)27(20)15-12-10-9-11-13-15/h9-13,16H,5-8,14H2,1-4H3. The van der Waals surface area contributed by atoms with E-state index in [4.69, 9.17) is 18.1 Å². The van der Waals surface area contributed by atoms with Crippen LogP contribution in [0.25, 0.3) is 0 Å². The van der Waals surface area contributed by atoms with E-state index in [1.165, 1.54) is 0 Å². The topological polar surface area (TPSA) is 88.1 Å². The molecule has 0 saturated heterocycles. The molecule has 154 valence electrons. The third-order valence-electron chi connectivity index (χ3n) is 4.22. The predicted molar refractivity (Wildman–Crippen MR) is 106 cm³/mol. The molecule has 10 heteroatoms. The third kappa shape index (κ3) is 4.18. The highest BCUT2D eigenvalue weighted by Gasteiger charge is 2.81. The summed E-state index contributed by atoms with van der Waals surface area (Å²) < 4.78 is 62.7. The normalized spacial score (nSPS) is 20.4. The fourth-order valence-corrected chi connectivity index (χ4v) is 12.0. The van der Waals surface area contributed by atoms with E-state index in [2.05, 4.69) is 0 Å². The second-order valence-electron chi connectivity index (χ2n) is 5.85. The van der Waals surface area contributed by atoms with Crippen LogP contribution >= 0.6 is 15.2 Å². The molecular weight excluding hydrogens is 410 g/mol. The maximum absolute atomic E-state index is 13.7. The van der Waals surface area contributed by atoms with E-state index in [0.717, 1.165) is 0 Å². The molecule has 2 atom stereocenters. The highest BCUT2D eigenvalue weighted by molar-refractivity contribution is 7.89. The lowest BCUT2D eigenvalue weighted by atomic mass is 10.4. The molecule has 0 N–H and O–H groups in total. The molecule has 1 aliphatic carbocycles. The Kier molecular flexibility index (Phi) is 8.03. The van der Waals surface area contributed by atoms with Crippen molar-refractivity contribution < 1.29 is 31.4 Å². The molecule has 0 bridgehead atoms. The zero-order valence-electron chi connectivity index (χ0n) is 16.2. The lowest BCUT2D eigenvalue weighted by Crippen LogP contribution is -2.25. The van der Waals surface area contributed by atoms with Gasteiger partial charge in [0.15, 0.2) is 4.90 Å². The van der Waals surface area contributed by atoms with Crippen molar-refractivity contribution in [3.8, 4) is 0 Å². The van der Waals surface area contributed by atoms with Crippen LogP contribution in [0.5, 0.6) is 0 Å². The van der Waals surface area contributed by atoms with Gasteiger partial charge in [-0.15, -0.1) is 0 Å². The van der Waals surface area contributed by atoms with Gasteiger partial charge in [0.1, 0.15) is 0 Å². The van der Waals surface area contributed by atoms with Gasteiger partial charge in [0.2, 0.25) is 0 Å². The summed E-state index contributed by atoms with van der Waals surface area (Å²) in [5, 5.41) is -0.715. The molecule has 27 heavy (non-hydrogen) atoms. The van der Waals surface area contributed by atoms with Crippen LogP contribution in [-0.4, -0.2) is 40.8 Å². The van der Waals surface area contributed by atoms with Gasteiger partial charge in [0.25, 0.3) is 0 Å². The summed E-state index contributed by atoms with van der Waals surface area (Å²) in [4.78, 5) is -1.01. The summed E-state index contributed by atoms with van der Waals surface area (Å²) in [6, 6.07) is 8.80. The Labute approximate surface area is 163 Å². The molecule has 1 aliphatic rings. The molecule has 0 amide bonds. The Morgan fingerprint density at radius 2 is 1.30 bits per heavy atom. The van der Waals surface area contributed by atoms with E-state index in [1.807, 2.05) is 6.07 Å². The maximum Gasteiger partial charge on any atom is 0.350 e. The fraction of sp³-hybridized carbons (Fsp3) is 0.647. The van der Waals surface area contributed by atoms with E-state index in [1.54, 1.807) is 52.0 Å². The van der Waals surface area contributed by atoms with E-state index in [0.29, 0.717) is 4.90 Å². The molecule has 1 saturated carbocycles. The van der Waals surface area contributed by atoms with Gasteiger partial charge in [-0.3, -0.25) is 13.3 Å². The number of hydrogen-bond acceptors (Lipinski definition) is 7. The molecule has 0 aromatic heterocycles. The Morgan fingerprint density at radius 3 is 1.67 bits per heavy atom. The van der Waals surface area contributed by atoms with Crippen molar-refractivity contribution in [2.24, 2.45) is 0 Å². The average Bonchev–Trinajstić information content (AvgIpc) is 3.41. The molecule has 2 unspecified atom stereocenters. The quantitative estimate of drug-likeness (QED) is 0.433. The van der Waals surface area contributed by atoms with Gasteiger partial charge in [-0.05, 0) is 46.2 Å². The molecule has 2 rings (SSSR count). The summed E-state index contributed by atoms with van der Waals surface area (Å²) in [5.41, 5.74) is 0. The summed E-state index contributed by atoms with van der Waals surface area (Å²) in [6.45, 7) is 7.11. The zero-order chi connectivity index (χ0) is 20.1. The first kappa shape index (κ1) is 23.0. The van der Waals surface area contributed by atoms with E-state index in [-0.39, 0.29) is 32.8 Å². The number of rotatable bonds is 12. The molecule has 0 radical (unpaired) electrons. The predicted octanol–water partition coefficient (Wildman–Crippen LogP) is 4.80. The van der Waals surface area contributed by atoms with Gasteiger partial charge >= 0.3 is 15.2 Å². The zero-order valence-corrected chi connectivity index (χ0v) is 18.8. The van der Waals surface area contributed by atoms with Crippen molar-refractivity contribution in [1.82, 2.24) is 0 Å². The van der Waals surface area contributed by atoms with Crippen LogP contribution in [-0.2, 0) is 38.0 Å². The van der Waals surface area contributed by atoms with E-state index in [9.17, 15) is 13.3 Å². The molecule has 0 spiro atoms. The maximum atomic E-state index is 13.7. The Morgan fingerprint density at radius 1 is 0.889 bits per heavy atom. The SMILES string of the molecule is CCOP(=O)(OCC)C1(P(=O)(OCC)OCC)CC1S(=O)c1ccccc1. The Hall–Kier alpha value is -0.330. The van der Waals surface area contributed by atoms with Crippen molar-refractivity contribution in [3.63, 3.8) is 0 Å². The minimum atomic E-state index is -3.93. The van der Waals surface area contributed by atoms with E-state index < -0.39 is 36.1 Å². The molecule has 1 aromatic rings. The lowest BCUT2D eigenvalue weighted by molar-refractivity contribution is 0.192. The molecule has 7 nitrogen and oxygen atoms in total. The van der Waals surface area contributed by atoms with Crippen LogP contribution in [0.2, 0.25) is 0 Å². The van der Waals surface area contributed by atoms with Gasteiger partial charge < -0.3 is 18.1 Å². The van der Waals surface area contributed by atoms with Crippen LogP contribution < -0.4 is 0 Å². The largest absolute Gasteiger partial charge is 0.350 e. The van der Waals surface area contributed by atoms with Crippen LogP contribution in [0, 0.1) is 0 Å². The molecule has 0 heterocycles. The van der Waals surface area contributed by atoms with Crippen LogP contribution in [0.15, 0.2) is 35.2 Å². The summed E-state index contributed by atoms with van der Waals surface area (Å²) >= 11 is 0. The lowest BCUT2D eigenvalue weighted by Gasteiger charge is -2.32.